The summed E-state index contributed by atoms with van der Waals surface area (Å²) < 4.78 is 13.1. The largest absolute Gasteiger partial charge is 0.479 e. The molecule has 5 nitrogen and oxygen atoms in total. The molecule has 0 saturated heterocycles. The standard InChI is InChI=1S/C17H27FN2O3/c18-14(15(21)22)3-1-2-4-20(16(19)23)17-8-11-5-12(9-17)7-13(6-11)10-17/h11-14H,1-10H2,(H2,19,23)(H,21,22). The number of hydrogen-bond donors (Lipinski definition) is 2. The van der Waals surface area contributed by atoms with Crippen molar-refractivity contribution in [3.05, 3.63) is 0 Å². The Morgan fingerprint density at radius 3 is 2.09 bits per heavy atom. The molecule has 0 heterocycles. The van der Waals surface area contributed by atoms with Gasteiger partial charge < -0.3 is 15.7 Å². The minimum atomic E-state index is -1.81. The fourth-order valence-electron chi connectivity index (χ4n) is 5.69. The zero-order chi connectivity index (χ0) is 16.6. The van der Waals surface area contributed by atoms with Crippen LogP contribution in [0.3, 0.4) is 0 Å². The maximum absolute atomic E-state index is 13.1. The molecular weight excluding hydrogens is 299 g/mol. The Bertz CT molecular complexity index is 447. The van der Waals surface area contributed by atoms with Gasteiger partial charge in [-0.1, -0.05) is 0 Å². The molecule has 0 aromatic carbocycles. The van der Waals surface area contributed by atoms with Crippen LogP contribution in [0.15, 0.2) is 0 Å². The number of nitrogens with zero attached hydrogens (tertiary/aromatic N) is 1. The van der Waals surface area contributed by atoms with Gasteiger partial charge in [0.25, 0.3) is 0 Å². The molecule has 4 aliphatic carbocycles. The minimum Gasteiger partial charge on any atom is -0.479 e. The van der Waals surface area contributed by atoms with Crippen molar-refractivity contribution in [2.45, 2.75) is 69.5 Å². The van der Waals surface area contributed by atoms with Crippen LogP contribution in [-0.4, -0.2) is 40.3 Å². The predicted molar refractivity (Wildman–Crippen MR) is 83.6 cm³/mol. The number of nitrogens with two attached hydrogens (primary N) is 1. The number of amides is 2. The number of carbonyl (C=O) groups excluding carboxylic acids is 1. The molecular formula is C17H27FN2O3. The number of halogens is 1. The summed E-state index contributed by atoms with van der Waals surface area (Å²) in [6.45, 7) is 0.522. The van der Waals surface area contributed by atoms with Crippen LogP contribution in [0.25, 0.3) is 0 Å². The second kappa shape index (κ2) is 6.29. The third-order valence-corrected chi connectivity index (χ3v) is 6.20. The molecule has 4 saturated carbocycles. The van der Waals surface area contributed by atoms with Gasteiger partial charge in [-0.2, -0.15) is 0 Å². The molecule has 0 aromatic rings. The van der Waals surface area contributed by atoms with Crippen LogP contribution >= 0.6 is 0 Å². The summed E-state index contributed by atoms with van der Waals surface area (Å²) >= 11 is 0. The molecule has 1 atom stereocenters. The Hall–Kier alpha value is -1.33. The van der Waals surface area contributed by atoms with E-state index < -0.39 is 12.1 Å². The number of unbranched alkanes of at least 4 members (excludes halogenated alkanes) is 1. The molecule has 3 N–H and O–H groups in total. The van der Waals surface area contributed by atoms with E-state index in [2.05, 4.69) is 0 Å². The molecule has 4 aliphatic rings. The Labute approximate surface area is 136 Å². The summed E-state index contributed by atoms with van der Waals surface area (Å²) in [5.41, 5.74) is 5.59. The monoisotopic (exact) mass is 326 g/mol. The van der Waals surface area contributed by atoms with Gasteiger partial charge >= 0.3 is 12.0 Å². The third kappa shape index (κ3) is 3.31. The van der Waals surface area contributed by atoms with E-state index in [1.165, 1.54) is 19.3 Å². The SMILES string of the molecule is NC(=O)N(CCCCC(F)C(=O)O)C12CC3CC(CC(C3)C1)C2. The lowest BCUT2D eigenvalue weighted by Crippen LogP contribution is -2.62. The normalized spacial score (nSPS) is 36.0. The number of primary amides is 1. The maximum Gasteiger partial charge on any atom is 0.338 e. The van der Waals surface area contributed by atoms with Gasteiger partial charge in [-0.05, 0) is 75.5 Å². The summed E-state index contributed by atoms with van der Waals surface area (Å²) in [5, 5.41) is 8.57. The van der Waals surface area contributed by atoms with E-state index in [0.717, 1.165) is 37.0 Å². The van der Waals surface area contributed by atoms with Crippen LogP contribution in [0.2, 0.25) is 0 Å². The van der Waals surface area contributed by atoms with Gasteiger partial charge in [-0.15, -0.1) is 0 Å². The molecule has 4 fully saturated rings. The highest BCUT2D eigenvalue weighted by Crippen LogP contribution is 2.57. The van der Waals surface area contributed by atoms with Gasteiger partial charge in [0.15, 0.2) is 6.17 Å². The number of aliphatic carboxylic acids is 1. The highest BCUT2D eigenvalue weighted by molar-refractivity contribution is 5.73. The van der Waals surface area contributed by atoms with Crippen molar-refractivity contribution in [3.8, 4) is 0 Å². The minimum absolute atomic E-state index is 0.00279. The van der Waals surface area contributed by atoms with E-state index in [4.69, 9.17) is 10.8 Å². The van der Waals surface area contributed by atoms with Crippen molar-refractivity contribution in [1.29, 1.82) is 0 Å². The van der Waals surface area contributed by atoms with Crippen LogP contribution in [0.4, 0.5) is 9.18 Å². The number of carboxylic acid groups (broad SMARTS) is 1. The summed E-state index contributed by atoms with van der Waals surface area (Å²) in [6, 6.07) is -0.373. The van der Waals surface area contributed by atoms with E-state index >= 15 is 0 Å². The summed E-state index contributed by atoms with van der Waals surface area (Å²) in [7, 11) is 0. The molecule has 4 bridgehead atoms. The Kier molecular flexibility index (Phi) is 4.52. The van der Waals surface area contributed by atoms with E-state index in [-0.39, 0.29) is 18.0 Å². The second-order valence-corrected chi connectivity index (χ2v) is 7.93. The van der Waals surface area contributed by atoms with Crippen molar-refractivity contribution in [2.75, 3.05) is 6.54 Å². The zero-order valence-electron chi connectivity index (χ0n) is 13.5. The number of hydrogen-bond acceptors (Lipinski definition) is 2. The van der Waals surface area contributed by atoms with Crippen molar-refractivity contribution < 1.29 is 19.1 Å². The number of carboxylic acids is 1. The average Bonchev–Trinajstić information content (AvgIpc) is 2.44. The molecule has 130 valence electrons. The molecule has 2 amide bonds. The summed E-state index contributed by atoms with van der Waals surface area (Å²) in [5.74, 6) is 0.777. The zero-order valence-corrected chi connectivity index (χ0v) is 13.5. The van der Waals surface area contributed by atoms with Gasteiger partial charge in [-0.25, -0.2) is 14.0 Å². The molecule has 23 heavy (non-hydrogen) atoms. The highest BCUT2D eigenvalue weighted by Gasteiger charge is 2.54. The van der Waals surface area contributed by atoms with Crippen molar-refractivity contribution in [3.63, 3.8) is 0 Å². The quantitative estimate of drug-likeness (QED) is 0.706. The fraction of sp³-hybridized carbons (Fsp3) is 0.882. The first kappa shape index (κ1) is 16.5. The Balaban J connectivity index is 1.59. The lowest BCUT2D eigenvalue weighted by atomic mass is 9.52. The molecule has 0 aromatic heterocycles. The molecule has 0 aliphatic heterocycles. The number of carbonyl (C=O) groups is 2. The molecule has 0 spiro atoms. The van der Waals surface area contributed by atoms with E-state index in [0.29, 0.717) is 19.4 Å². The van der Waals surface area contributed by atoms with Crippen LogP contribution in [-0.2, 0) is 4.79 Å². The van der Waals surface area contributed by atoms with Crippen molar-refractivity contribution in [2.24, 2.45) is 23.5 Å². The third-order valence-electron chi connectivity index (χ3n) is 6.20. The lowest BCUT2D eigenvalue weighted by Gasteiger charge is -2.60. The summed E-state index contributed by atoms with van der Waals surface area (Å²) in [6.07, 6.45) is 6.34. The molecule has 1 unspecified atom stereocenters. The van der Waals surface area contributed by atoms with E-state index in [1.807, 2.05) is 4.90 Å². The smallest absolute Gasteiger partial charge is 0.338 e. The van der Waals surface area contributed by atoms with E-state index in [1.54, 1.807) is 0 Å². The average molecular weight is 326 g/mol. The van der Waals surface area contributed by atoms with Crippen LogP contribution in [0.1, 0.15) is 57.8 Å². The Morgan fingerprint density at radius 2 is 1.65 bits per heavy atom. The van der Waals surface area contributed by atoms with Gasteiger partial charge in [0.1, 0.15) is 0 Å². The van der Waals surface area contributed by atoms with Gasteiger partial charge in [-0.3, -0.25) is 0 Å². The van der Waals surface area contributed by atoms with Gasteiger partial charge in [0.05, 0.1) is 0 Å². The van der Waals surface area contributed by atoms with Crippen molar-refractivity contribution >= 4 is 12.0 Å². The first-order chi connectivity index (χ1) is 10.9. The van der Waals surface area contributed by atoms with Crippen molar-refractivity contribution in [1.82, 2.24) is 4.90 Å². The maximum atomic E-state index is 13.1. The number of alkyl halides is 1. The van der Waals surface area contributed by atoms with Crippen LogP contribution in [0.5, 0.6) is 0 Å². The number of urea groups is 1. The molecule has 6 heteroatoms. The summed E-state index contributed by atoms with van der Waals surface area (Å²) in [4.78, 5) is 24.4. The van der Waals surface area contributed by atoms with E-state index in [9.17, 15) is 14.0 Å². The van der Waals surface area contributed by atoms with Gasteiger partial charge in [0.2, 0.25) is 0 Å². The fourth-order valence-corrected chi connectivity index (χ4v) is 5.69. The van der Waals surface area contributed by atoms with Gasteiger partial charge in [0, 0.05) is 12.1 Å². The topological polar surface area (TPSA) is 83.6 Å². The Morgan fingerprint density at radius 1 is 1.13 bits per heavy atom. The predicted octanol–water partition coefficient (Wildman–Crippen LogP) is 2.93. The highest BCUT2D eigenvalue weighted by atomic mass is 19.1. The lowest BCUT2D eigenvalue weighted by molar-refractivity contribution is -0.143. The van der Waals surface area contributed by atoms with Crippen LogP contribution < -0.4 is 5.73 Å². The number of rotatable bonds is 7. The first-order valence-electron chi connectivity index (χ1n) is 8.83. The second-order valence-electron chi connectivity index (χ2n) is 7.93. The molecule has 4 rings (SSSR count). The first-order valence-corrected chi connectivity index (χ1v) is 8.83. The van der Waals surface area contributed by atoms with Crippen LogP contribution in [0, 0.1) is 17.8 Å². The molecule has 0 radical (unpaired) electrons.